The van der Waals surface area contributed by atoms with Crippen LogP contribution in [0.2, 0.25) is 0 Å². The molecular formula is C8H12BrN2O3+. The highest BCUT2D eigenvalue weighted by atomic mass is 79.9. The number of hydrogen-bond acceptors (Lipinski definition) is 3. The van der Waals surface area contributed by atoms with Crippen LogP contribution in [0.1, 0.15) is 20.3 Å². The van der Waals surface area contributed by atoms with Gasteiger partial charge < -0.3 is 5.11 Å². The molecule has 0 saturated heterocycles. The summed E-state index contributed by atoms with van der Waals surface area (Å²) in [4.78, 5) is 23.9. The van der Waals surface area contributed by atoms with Crippen LogP contribution in [0.4, 0.5) is 0 Å². The molecule has 0 fully saturated rings. The van der Waals surface area contributed by atoms with Crippen LogP contribution in [0.5, 0.6) is 0 Å². The summed E-state index contributed by atoms with van der Waals surface area (Å²) in [6.07, 6.45) is 2.41. The summed E-state index contributed by atoms with van der Waals surface area (Å²) in [6, 6.07) is 0. The first-order valence-electron chi connectivity index (χ1n) is 4.04. The molecule has 1 heterocycles. The van der Waals surface area contributed by atoms with Gasteiger partial charge in [0.15, 0.2) is 0 Å². The molecule has 0 saturated carbocycles. The van der Waals surface area contributed by atoms with Gasteiger partial charge in [-0.25, -0.2) is 0 Å². The first kappa shape index (κ1) is 13.0. The van der Waals surface area contributed by atoms with Gasteiger partial charge in [0.25, 0.3) is 5.97 Å². The monoisotopic (exact) mass is 263 g/mol. The van der Waals surface area contributed by atoms with E-state index in [9.17, 15) is 4.91 Å². The van der Waals surface area contributed by atoms with E-state index in [1.54, 1.807) is 6.21 Å². The summed E-state index contributed by atoms with van der Waals surface area (Å²) < 4.78 is 1.45. The highest BCUT2D eigenvalue weighted by Crippen LogP contribution is 2.18. The van der Waals surface area contributed by atoms with Crippen molar-refractivity contribution < 1.29 is 14.7 Å². The lowest BCUT2D eigenvalue weighted by atomic mass is 10.3. The topological polar surface area (TPSA) is 69.7 Å². The quantitative estimate of drug-likeness (QED) is 0.581. The minimum absolute atomic E-state index is 0.351. The second kappa shape index (κ2) is 6.42. The Kier molecular flexibility index (Phi) is 5.94. The third-order valence-corrected chi connectivity index (χ3v) is 2.14. The molecule has 0 aromatic heterocycles. The third kappa shape index (κ3) is 4.86. The number of hydrogen-bond donors (Lipinski definition) is 1. The van der Waals surface area contributed by atoms with E-state index in [-0.39, 0.29) is 0 Å². The highest BCUT2D eigenvalue weighted by Gasteiger charge is 2.21. The molecule has 0 bridgehead atoms. The van der Waals surface area contributed by atoms with Crippen molar-refractivity contribution in [1.82, 2.24) is 0 Å². The van der Waals surface area contributed by atoms with E-state index in [0.29, 0.717) is 11.2 Å². The summed E-state index contributed by atoms with van der Waals surface area (Å²) in [5.41, 5.74) is 0.821. The van der Waals surface area contributed by atoms with Crippen molar-refractivity contribution in [2.75, 3.05) is 6.54 Å². The number of allylic oxidation sites excluding steroid dienone is 1. The van der Waals surface area contributed by atoms with Crippen LogP contribution < -0.4 is 0 Å². The molecule has 0 aromatic carbocycles. The average molecular weight is 264 g/mol. The van der Waals surface area contributed by atoms with Gasteiger partial charge >= 0.3 is 4.61 Å². The van der Waals surface area contributed by atoms with Gasteiger partial charge in [0.05, 0.1) is 11.0 Å². The van der Waals surface area contributed by atoms with E-state index in [4.69, 9.17) is 9.90 Å². The molecule has 0 radical (unpaired) electrons. The molecule has 1 rings (SSSR count). The number of halogens is 1. The number of carbonyl (C=O) groups is 1. The van der Waals surface area contributed by atoms with Crippen molar-refractivity contribution in [1.29, 1.82) is 0 Å². The molecule has 1 N–H and O–H groups in total. The number of aliphatic imine (C=N–C) groups is 1. The largest absolute Gasteiger partial charge is 0.481 e. The molecule has 0 aromatic rings. The number of nitrogens with zero attached hydrogens (tertiary/aromatic N) is 2. The van der Waals surface area contributed by atoms with E-state index in [1.807, 2.05) is 6.92 Å². The van der Waals surface area contributed by atoms with Gasteiger partial charge in [0.1, 0.15) is 5.70 Å². The summed E-state index contributed by atoms with van der Waals surface area (Å²) in [5.74, 6) is -0.833. The fourth-order valence-electron chi connectivity index (χ4n) is 0.740. The number of aliphatic carboxylic acids is 1. The first-order valence-corrected chi connectivity index (χ1v) is 4.83. The van der Waals surface area contributed by atoms with Crippen molar-refractivity contribution in [3.05, 3.63) is 15.2 Å². The highest BCUT2D eigenvalue weighted by molar-refractivity contribution is 9.11. The fourth-order valence-corrected chi connectivity index (χ4v) is 1.27. The normalized spacial score (nSPS) is 14.9. The van der Waals surface area contributed by atoms with Crippen molar-refractivity contribution in [3.63, 3.8) is 0 Å². The van der Waals surface area contributed by atoms with E-state index in [2.05, 4.69) is 20.9 Å². The summed E-state index contributed by atoms with van der Waals surface area (Å²) in [5, 5.41) is 7.42. The zero-order valence-corrected chi connectivity index (χ0v) is 9.61. The van der Waals surface area contributed by atoms with Crippen LogP contribution in [0, 0.1) is 4.91 Å². The van der Waals surface area contributed by atoms with Gasteiger partial charge in [-0.1, -0.05) is 6.92 Å². The molecule has 0 spiro atoms. The Morgan fingerprint density at radius 1 is 1.79 bits per heavy atom. The predicted molar refractivity (Wildman–Crippen MR) is 56.5 cm³/mol. The van der Waals surface area contributed by atoms with E-state index in [0.717, 1.165) is 23.8 Å². The van der Waals surface area contributed by atoms with Crippen LogP contribution in [-0.4, -0.2) is 28.6 Å². The Morgan fingerprint density at radius 3 is 2.64 bits per heavy atom. The third-order valence-electron chi connectivity index (χ3n) is 1.29. The lowest BCUT2D eigenvalue weighted by molar-refractivity contribution is -0.469. The lowest BCUT2D eigenvalue weighted by Crippen LogP contribution is -2.12. The smallest absolute Gasteiger partial charge is 0.319 e. The van der Waals surface area contributed by atoms with E-state index in [1.165, 1.54) is 0 Å². The Hall–Kier alpha value is -1.04. The van der Waals surface area contributed by atoms with Crippen molar-refractivity contribution in [2.24, 2.45) is 4.99 Å². The van der Waals surface area contributed by atoms with Crippen LogP contribution >= 0.6 is 15.9 Å². The fraction of sp³-hybridized carbons (Fsp3) is 0.500. The van der Waals surface area contributed by atoms with E-state index < -0.39 is 5.97 Å². The Balaban J connectivity index is 0.000000364. The second-order valence-electron chi connectivity index (χ2n) is 2.48. The molecule has 0 unspecified atom stereocenters. The maximum absolute atomic E-state index is 10.9. The maximum Gasteiger partial charge on any atom is 0.319 e. The first-order chi connectivity index (χ1) is 6.49. The van der Waals surface area contributed by atoms with Gasteiger partial charge in [0.2, 0.25) is 6.54 Å². The molecule has 0 aliphatic carbocycles. The molecule has 1 aliphatic rings. The van der Waals surface area contributed by atoms with Gasteiger partial charge in [0, 0.05) is 27.8 Å². The van der Waals surface area contributed by atoms with Crippen molar-refractivity contribution in [2.45, 2.75) is 20.3 Å². The lowest BCUT2D eigenvalue weighted by Gasteiger charge is -1.98. The Bertz CT molecular complexity index is 293. The predicted octanol–water partition coefficient (Wildman–Crippen LogP) is 1.91. The van der Waals surface area contributed by atoms with Gasteiger partial charge in [-0.3, -0.25) is 9.79 Å². The molecule has 0 atom stereocenters. The average Bonchev–Trinajstić information content (AvgIpc) is 2.09. The zero-order valence-electron chi connectivity index (χ0n) is 8.03. The minimum Gasteiger partial charge on any atom is -0.481 e. The zero-order chi connectivity index (χ0) is 11.1. The van der Waals surface area contributed by atoms with Gasteiger partial charge in [-0.05, 0) is 6.42 Å². The summed E-state index contributed by atoms with van der Waals surface area (Å²) in [7, 11) is 0. The molecule has 6 heteroatoms. The van der Waals surface area contributed by atoms with Crippen LogP contribution in [0.3, 0.4) is 0 Å². The molecular weight excluding hydrogens is 252 g/mol. The van der Waals surface area contributed by atoms with Crippen molar-refractivity contribution >= 4 is 28.1 Å². The number of carboxylic acid groups (broad SMARTS) is 1. The van der Waals surface area contributed by atoms with E-state index >= 15 is 0 Å². The Morgan fingerprint density at radius 2 is 2.29 bits per heavy atom. The van der Waals surface area contributed by atoms with Gasteiger partial charge in [-0.15, -0.1) is 0 Å². The van der Waals surface area contributed by atoms with Gasteiger partial charge in [-0.2, -0.15) is 0 Å². The summed E-state index contributed by atoms with van der Waals surface area (Å²) >= 11 is 3.16. The molecule has 1 aliphatic heterocycles. The number of nitroso groups, excluding NO2 is 1. The number of carboxylic acids is 1. The minimum atomic E-state index is -0.833. The number of rotatable bonds is 1. The Labute approximate surface area is 90.2 Å². The van der Waals surface area contributed by atoms with Crippen LogP contribution in [-0.2, 0) is 4.79 Å². The van der Waals surface area contributed by atoms with Crippen LogP contribution in [0.15, 0.2) is 15.3 Å². The SMILES string of the molecule is CC(=O)O.CCC1=C(Br)[N+](=O)CC=N1. The summed E-state index contributed by atoms with van der Waals surface area (Å²) in [6.45, 7) is 3.40. The van der Waals surface area contributed by atoms with Crippen LogP contribution in [0.25, 0.3) is 0 Å². The molecule has 0 amide bonds. The molecule has 78 valence electrons. The second-order valence-corrected chi connectivity index (χ2v) is 3.23. The standard InChI is InChI=1S/C6H8BrN2O.C2H4O2/c1-2-5-6(7)9(10)4-3-8-5;1-2(3)4/h3H,2,4H2,1H3;1H3,(H,3,4)/q+1;. The molecule has 5 nitrogen and oxygen atoms in total. The van der Waals surface area contributed by atoms with Crippen molar-refractivity contribution in [3.8, 4) is 0 Å². The maximum atomic E-state index is 10.9. The molecule has 14 heavy (non-hydrogen) atoms.